The second kappa shape index (κ2) is 7.83. The topological polar surface area (TPSA) is 83.4 Å². The molecule has 4 rings (SSSR count). The third kappa shape index (κ3) is 4.14. The minimum Gasteiger partial charge on any atom is -0.336 e. The third-order valence-electron chi connectivity index (χ3n) is 5.09. The standard InChI is InChI=1S/C19H24N6O2S/c1-13(28-19-22-20-12-23(19)2)14-4-3-5-15(10-14)21-18(27)24-8-9-25(16-6-7-16)17(26)11-24/h3-5,10,12-13,16H,6-9,11H2,1-2H3,(H,21,27)/t13-/m0/s1. The fourth-order valence-corrected chi connectivity index (χ4v) is 4.22. The summed E-state index contributed by atoms with van der Waals surface area (Å²) in [4.78, 5) is 28.4. The first-order valence-electron chi connectivity index (χ1n) is 9.47. The number of carbonyl (C=O) groups is 2. The first-order chi connectivity index (χ1) is 13.5. The molecule has 28 heavy (non-hydrogen) atoms. The summed E-state index contributed by atoms with van der Waals surface area (Å²) in [5.74, 6) is 0.0475. The van der Waals surface area contributed by atoms with Crippen molar-refractivity contribution < 1.29 is 9.59 Å². The van der Waals surface area contributed by atoms with E-state index >= 15 is 0 Å². The van der Waals surface area contributed by atoms with Gasteiger partial charge in [0.05, 0.1) is 0 Å². The van der Waals surface area contributed by atoms with E-state index in [-0.39, 0.29) is 23.7 Å². The first-order valence-corrected chi connectivity index (χ1v) is 10.4. The second-order valence-corrected chi connectivity index (χ2v) is 8.59. The molecule has 2 aliphatic rings. The van der Waals surface area contributed by atoms with Gasteiger partial charge < -0.3 is 19.7 Å². The van der Waals surface area contributed by atoms with E-state index in [0.29, 0.717) is 19.1 Å². The molecular formula is C19H24N6O2S. The maximum atomic E-state index is 12.6. The average molecular weight is 401 g/mol. The minimum absolute atomic E-state index is 0.0475. The van der Waals surface area contributed by atoms with Crippen molar-refractivity contribution >= 4 is 29.4 Å². The van der Waals surface area contributed by atoms with E-state index in [1.54, 1.807) is 23.0 Å². The molecule has 0 spiro atoms. The zero-order chi connectivity index (χ0) is 19.7. The molecule has 0 unspecified atom stereocenters. The molecule has 0 radical (unpaired) electrons. The molecule has 2 heterocycles. The van der Waals surface area contributed by atoms with Crippen molar-refractivity contribution in [3.63, 3.8) is 0 Å². The van der Waals surface area contributed by atoms with Gasteiger partial charge in [-0.3, -0.25) is 4.79 Å². The molecule has 0 bridgehead atoms. The van der Waals surface area contributed by atoms with Gasteiger partial charge in [0.1, 0.15) is 12.9 Å². The smallest absolute Gasteiger partial charge is 0.322 e. The van der Waals surface area contributed by atoms with Gasteiger partial charge in [-0.05, 0) is 37.5 Å². The lowest BCUT2D eigenvalue weighted by Crippen LogP contribution is -2.53. The highest BCUT2D eigenvalue weighted by atomic mass is 32.2. The van der Waals surface area contributed by atoms with Crippen LogP contribution in [0.1, 0.15) is 30.6 Å². The lowest BCUT2D eigenvalue weighted by Gasteiger charge is -2.34. The van der Waals surface area contributed by atoms with Crippen LogP contribution in [0.5, 0.6) is 0 Å². The highest BCUT2D eigenvalue weighted by molar-refractivity contribution is 7.99. The van der Waals surface area contributed by atoms with Gasteiger partial charge in [-0.1, -0.05) is 23.9 Å². The molecule has 2 aromatic rings. The lowest BCUT2D eigenvalue weighted by molar-refractivity contribution is -0.135. The monoisotopic (exact) mass is 400 g/mol. The number of aryl methyl sites for hydroxylation is 1. The van der Waals surface area contributed by atoms with Gasteiger partial charge in [0.15, 0.2) is 5.16 Å². The van der Waals surface area contributed by atoms with Gasteiger partial charge in [0.2, 0.25) is 5.91 Å². The summed E-state index contributed by atoms with van der Waals surface area (Å²) < 4.78 is 1.88. The van der Waals surface area contributed by atoms with E-state index in [4.69, 9.17) is 0 Å². The van der Waals surface area contributed by atoms with Crippen molar-refractivity contribution in [3.05, 3.63) is 36.2 Å². The summed E-state index contributed by atoms with van der Waals surface area (Å²) in [6.45, 7) is 3.45. The number of anilines is 1. The van der Waals surface area contributed by atoms with Crippen LogP contribution in [0, 0.1) is 0 Å². The SMILES string of the molecule is C[C@H](Sc1nncn1C)c1cccc(NC(=O)N2CCN(C3CC3)C(=O)C2)c1. The minimum atomic E-state index is -0.227. The molecule has 1 saturated heterocycles. The normalized spacial score (nSPS) is 18.3. The number of amides is 3. The molecule has 3 amide bonds. The van der Waals surface area contributed by atoms with Crippen molar-refractivity contribution in [2.24, 2.45) is 7.05 Å². The van der Waals surface area contributed by atoms with Crippen molar-refractivity contribution in [1.29, 1.82) is 0 Å². The molecule has 1 atom stereocenters. The molecule has 8 nitrogen and oxygen atoms in total. The number of thioether (sulfide) groups is 1. The number of nitrogens with one attached hydrogen (secondary N) is 1. The van der Waals surface area contributed by atoms with Crippen LogP contribution >= 0.6 is 11.8 Å². The Morgan fingerprint density at radius 2 is 2.14 bits per heavy atom. The maximum absolute atomic E-state index is 12.6. The predicted molar refractivity (Wildman–Crippen MR) is 107 cm³/mol. The molecule has 2 fully saturated rings. The summed E-state index contributed by atoms with van der Waals surface area (Å²) in [7, 11) is 1.91. The van der Waals surface area contributed by atoms with E-state index in [9.17, 15) is 9.59 Å². The molecule has 1 aliphatic heterocycles. The molecule has 1 saturated carbocycles. The van der Waals surface area contributed by atoms with E-state index in [1.807, 2.05) is 40.8 Å². The van der Waals surface area contributed by atoms with Crippen molar-refractivity contribution in [2.45, 2.75) is 36.2 Å². The van der Waals surface area contributed by atoms with Crippen molar-refractivity contribution in [1.82, 2.24) is 24.6 Å². The Labute approximate surface area is 168 Å². The van der Waals surface area contributed by atoms with Gasteiger partial charge in [-0.25, -0.2) is 4.79 Å². The van der Waals surface area contributed by atoms with Crippen molar-refractivity contribution in [3.8, 4) is 0 Å². The molecule has 1 aromatic carbocycles. The van der Waals surface area contributed by atoms with Crippen LogP contribution < -0.4 is 5.32 Å². The lowest BCUT2D eigenvalue weighted by atomic mass is 10.1. The van der Waals surface area contributed by atoms with Gasteiger partial charge in [-0.2, -0.15) is 0 Å². The van der Waals surface area contributed by atoms with E-state index < -0.39 is 0 Å². The number of benzene rings is 1. The summed E-state index contributed by atoms with van der Waals surface area (Å²) in [5.41, 5.74) is 1.81. The zero-order valence-electron chi connectivity index (χ0n) is 16.0. The average Bonchev–Trinajstić information content (AvgIpc) is 3.45. The highest BCUT2D eigenvalue weighted by Gasteiger charge is 2.36. The van der Waals surface area contributed by atoms with E-state index in [2.05, 4.69) is 22.4 Å². The van der Waals surface area contributed by atoms with Crippen molar-refractivity contribution in [2.75, 3.05) is 25.0 Å². The van der Waals surface area contributed by atoms with Gasteiger partial charge in [-0.15, -0.1) is 10.2 Å². The van der Waals surface area contributed by atoms with Crippen LogP contribution in [-0.2, 0) is 11.8 Å². The fourth-order valence-electron chi connectivity index (χ4n) is 3.31. The Morgan fingerprint density at radius 1 is 1.32 bits per heavy atom. The summed E-state index contributed by atoms with van der Waals surface area (Å²) in [6.07, 6.45) is 3.86. The largest absolute Gasteiger partial charge is 0.336 e. The Morgan fingerprint density at radius 3 is 2.82 bits per heavy atom. The number of hydrogen-bond donors (Lipinski definition) is 1. The summed E-state index contributed by atoms with van der Waals surface area (Å²) in [5, 5.41) is 11.9. The molecule has 9 heteroatoms. The fraction of sp³-hybridized carbons (Fsp3) is 0.474. The number of piperazine rings is 1. The van der Waals surface area contributed by atoms with Gasteiger partial charge >= 0.3 is 6.03 Å². The molecule has 1 aliphatic carbocycles. The number of nitrogens with zero attached hydrogens (tertiary/aromatic N) is 5. The summed E-state index contributed by atoms with van der Waals surface area (Å²) in [6, 6.07) is 7.96. The number of urea groups is 1. The molecular weight excluding hydrogens is 376 g/mol. The quantitative estimate of drug-likeness (QED) is 0.780. The number of rotatable bonds is 5. The Kier molecular flexibility index (Phi) is 5.25. The van der Waals surface area contributed by atoms with Crippen LogP contribution in [0.2, 0.25) is 0 Å². The van der Waals surface area contributed by atoms with Crippen LogP contribution in [0.3, 0.4) is 0 Å². The summed E-state index contributed by atoms with van der Waals surface area (Å²) >= 11 is 1.61. The highest BCUT2D eigenvalue weighted by Crippen LogP contribution is 2.34. The first kappa shape index (κ1) is 18.8. The number of aromatic nitrogens is 3. The number of carbonyl (C=O) groups excluding carboxylic acids is 2. The molecule has 148 valence electrons. The van der Waals surface area contributed by atoms with E-state index in [0.717, 1.165) is 29.2 Å². The maximum Gasteiger partial charge on any atom is 0.322 e. The Bertz CT molecular complexity index is 881. The number of hydrogen-bond acceptors (Lipinski definition) is 5. The molecule has 1 aromatic heterocycles. The van der Waals surface area contributed by atoms with Crippen LogP contribution in [0.25, 0.3) is 0 Å². The predicted octanol–water partition coefficient (Wildman–Crippen LogP) is 2.51. The van der Waals surface area contributed by atoms with E-state index in [1.165, 1.54) is 0 Å². The Hall–Kier alpha value is -2.55. The van der Waals surface area contributed by atoms with Crippen LogP contribution in [-0.4, -0.2) is 62.2 Å². The van der Waals surface area contributed by atoms with Crippen LogP contribution in [0.4, 0.5) is 10.5 Å². The van der Waals surface area contributed by atoms with Gasteiger partial charge in [0, 0.05) is 37.1 Å². The Balaban J connectivity index is 1.37. The second-order valence-electron chi connectivity index (χ2n) is 7.28. The van der Waals surface area contributed by atoms with Gasteiger partial charge in [0.25, 0.3) is 0 Å². The zero-order valence-corrected chi connectivity index (χ0v) is 16.9. The van der Waals surface area contributed by atoms with Crippen LogP contribution in [0.15, 0.2) is 35.7 Å². The molecule has 1 N–H and O–H groups in total. The third-order valence-corrected chi connectivity index (χ3v) is 6.30.